The van der Waals surface area contributed by atoms with Gasteiger partial charge >= 0.3 is 0 Å². The molecule has 8 heteroatoms. The van der Waals surface area contributed by atoms with E-state index in [4.69, 9.17) is 4.74 Å². The van der Waals surface area contributed by atoms with Crippen LogP contribution in [0, 0.1) is 0 Å². The van der Waals surface area contributed by atoms with E-state index >= 15 is 0 Å². The molecule has 0 spiro atoms. The SMILES string of the molecule is CCNC(=NCCc1cccc(C(=O)NC)c1)NCCOc1cccc(Br)c1.I. The van der Waals surface area contributed by atoms with Crippen LogP contribution in [0.5, 0.6) is 5.75 Å². The molecule has 0 saturated carbocycles. The van der Waals surface area contributed by atoms with Crippen LogP contribution in [0.25, 0.3) is 0 Å². The maximum atomic E-state index is 11.7. The quantitative estimate of drug-likeness (QED) is 0.185. The lowest BCUT2D eigenvalue weighted by atomic mass is 10.1. The number of carbonyl (C=O) groups is 1. The normalized spacial score (nSPS) is 10.7. The molecule has 3 N–H and O–H groups in total. The summed E-state index contributed by atoms with van der Waals surface area (Å²) in [4.78, 5) is 16.3. The van der Waals surface area contributed by atoms with Gasteiger partial charge in [-0.15, -0.1) is 24.0 Å². The van der Waals surface area contributed by atoms with E-state index in [1.54, 1.807) is 7.05 Å². The Morgan fingerprint density at radius 2 is 1.93 bits per heavy atom. The molecule has 0 aromatic heterocycles. The molecule has 0 heterocycles. The molecule has 29 heavy (non-hydrogen) atoms. The summed E-state index contributed by atoms with van der Waals surface area (Å²) in [5, 5.41) is 9.14. The predicted molar refractivity (Wildman–Crippen MR) is 133 cm³/mol. The highest BCUT2D eigenvalue weighted by molar-refractivity contribution is 14.0. The Morgan fingerprint density at radius 1 is 1.14 bits per heavy atom. The number of carbonyl (C=O) groups excluding carboxylic acids is 1. The van der Waals surface area contributed by atoms with Crippen LogP contribution in [0.1, 0.15) is 22.8 Å². The van der Waals surface area contributed by atoms with Crippen molar-refractivity contribution in [1.82, 2.24) is 16.0 Å². The lowest BCUT2D eigenvalue weighted by Gasteiger charge is -2.12. The second-order valence-electron chi connectivity index (χ2n) is 6.02. The Balaban J connectivity index is 0.00000420. The zero-order valence-electron chi connectivity index (χ0n) is 16.7. The molecule has 0 aliphatic carbocycles. The van der Waals surface area contributed by atoms with Gasteiger partial charge < -0.3 is 20.7 Å². The van der Waals surface area contributed by atoms with E-state index in [0.29, 0.717) is 25.3 Å². The second-order valence-corrected chi connectivity index (χ2v) is 6.94. The van der Waals surface area contributed by atoms with Crippen molar-refractivity contribution in [3.63, 3.8) is 0 Å². The summed E-state index contributed by atoms with van der Waals surface area (Å²) in [5.74, 6) is 1.50. The van der Waals surface area contributed by atoms with Crippen LogP contribution in [-0.4, -0.2) is 45.2 Å². The number of rotatable bonds is 9. The van der Waals surface area contributed by atoms with Crippen LogP contribution in [0.2, 0.25) is 0 Å². The zero-order chi connectivity index (χ0) is 20.2. The van der Waals surface area contributed by atoms with Crippen molar-refractivity contribution in [1.29, 1.82) is 0 Å². The van der Waals surface area contributed by atoms with Gasteiger partial charge in [-0.1, -0.05) is 34.1 Å². The van der Waals surface area contributed by atoms with E-state index in [-0.39, 0.29) is 29.9 Å². The summed E-state index contributed by atoms with van der Waals surface area (Å²) in [6.07, 6.45) is 0.760. The largest absolute Gasteiger partial charge is 0.492 e. The molecule has 1 amide bonds. The van der Waals surface area contributed by atoms with Gasteiger partial charge in [-0.25, -0.2) is 0 Å². The summed E-state index contributed by atoms with van der Waals surface area (Å²) in [6.45, 7) is 4.62. The van der Waals surface area contributed by atoms with E-state index < -0.39 is 0 Å². The van der Waals surface area contributed by atoms with Crippen LogP contribution < -0.4 is 20.7 Å². The number of halogens is 2. The third kappa shape index (κ3) is 9.49. The fraction of sp³-hybridized carbons (Fsp3) is 0.333. The molecule has 0 bridgehead atoms. The van der Waals surface area contributed by atoms with Gasteiger partial charge in [0.25, 0.3) is 5.91 Å². The van der Waals surface area contributed by atoms with Crippen LogP contribution in [0.15, 0.2) is 58.0 Å². The molecule has 0 unspecified atom stereocenters. The minimum atomic E-state index is -0.0780. The van der Waals surface area contributed by atoms with Crippen molar-refractivity contribution in [2.75, 3.05) is 33.3 Å². The Labute approximate surface area is 198 Å². The summed E-state index contributed by atoms with van der Waals surface area (Å²) < 4.78 is 6.72. The zero-order valence-corrected chi connectivity index (χ0v) is 20.6. The minimum Gasteiger partial charge on any atom is -0.492 e. The fourth-order valence-electron chi connectivity index (χ4n) is 2.55. The molecule has 0 radical (unpaired) electrons. The minimum absolute atomic E-state index is 0. The number of nitrogens with one attached hydrogen (secondary N) is 3. The van der Waals surface area contributed by atoms with Crippen LogP contribution in [0.4, 0.5) is 0 Å². The standard InChI is InChI=1S/C21H27BrN4O2.HI/c1-3-24-21(26-12-13-28-19-9-5-8-18(22)15-19)25-11-10-16-6-4-7-17(14-16)20(27)23-2;/h4-9,14-15H,3,10-13H2,1-2H3,(H,23,27)(H2,24,25,26);1H. The summed E-state index contributed by atoms with van der Waals surface area (Å²) in [5.41, 5.74) is 1.75. The smallest absolute Gasteiger partial charge is 0.251 e. The summed E-state index contributed by atoms with van der Waals surface area (Å²) in [6, 6.07) is 15.4. The van der Waals surface area contributed by atoms with E-state index in [1.807, 2.05) is 55.5 Å². The molecule has 2 aromatic carbocycles. The number of benzene rings is 2. The number of nitrogens with zero attached hydrogens (tertiary/aromatic N) is 1. The first kappa shape index (κ1) is 25.2. The number of aliphatic imine (C=N–C) groups is 1. The number of hydrogen-bond donors (Lipinski definition) is 3. The highest BCUT2D eigenvalue weighted by Crippen LogP contribution is 2.17. The van der Waals surface area contributed by atoms with Gasteiger partial charge in [0.15, 0.2) is 5.96 Å². The molecular formula is C21H28BrIN4O2. The predicted octanol–water partition coefficient (Wildman–Crippen LogP) is 3.60. The molecule has 6 nitrogen and oxygen atoms in total. The lowest BCUT2D eigenvalue weighted by molar-refractivity contribution is 0.0963. The summed E-state index contributed by atoms with van der Waals surface area (Å²) in [7, 11) is 1.63. The van der Waals surface area contributed by atoms with Crippen LogP contribution in [0.3, 0.4) is 0 Å². The van der Waals surface area contributed by atoms with E-state index in [9.17, 15) is 4.79 Å². The first-order chi connectivity index (χ1) is 13.6. The third-order valence-corrected chi connectivity index (χ3v) is 4.38. The van der Waals surface area contributed by atoms with E-state index in [2.05, 4.69) is 36.9 Å². The first-order valence-electron chi connectivity index (χ1n) is 9.34. The van der Waals surface area contributed by atoms with Gasteiger partial charge in [-0.05, 0) is 49.2 Å². The topological polar surface area (TPSA) is 74.8 Å². The molecule has 2 rings (SSSR count). The van der Waals surface area contributed by atoms with Crippen LogP contribution in [-0.2, 0) is 6.42 Å². The maximum Gasteiger partial charge on any atom is 0.251 e. The lowest BCUT2D eigenvalue weighted by Crippen LogP contribution is -2.39. The van der Waals surface area contributed by atoms with Crippen molar-refractivity contribution in [2.45, 2.75) is 13.3 Å². The van der Waals surface area contributed by atoms with Crippen LogP contribution >= 0.6 is 39.9 Å². The molecule has 158 valence electrons. The molecule has 0 fully saturated rings. The molecule has 0 aliphatic rings. The van der Waals surface area contributed by atoms with Crippen molar-refractivity contribution >= 4 is 51.8 Å². The average molecular weight is 575 g/mol. The van der Waals surface area contributed by atoms with Gasteiger partial charge in [0.1, 0.15) is 12.4 Å². The van der Waals surface area contributed by atoms with Crippen molar-refractivity contribution in [3.8, 4) is 5.75 Å². The highest BCUT2D eigenvalue weighted by Gasteiger charge is 2.04. The number of guanidine groups is 1. The Kier molecular flexibility index (Phi) is 12.4. The van der Waals surface area contributed by atoms with Crippen molar-refractivity contribution in [2.24, 2.45) is 4.99 Å². The monoisotopic (exact) mass is 574 g/mol. The Bertz CT molecular complexity index is 802. The van der Waals surface area contributed by atoms with Crippen molar-refractivity contribution in [3.05, 3.63) is 64.1 Å². The van der Waals surface area contributed by atoms with Crippen molar-refractivity contribution < 1.29 is 9.53 Å². The third-order valence-electron chi connectivity index (χ3n) is 3.89. The summed E-state index contributed by atoms with van der Waals surface area (Å²) >= 11 is 3.43. The van der Waals surface area contributed by atoms with Gasteiger partial charge in [0, 0.05) is 30.2 Å². The van der Waals surface area contributed by atoms with E-state index in [0.717, 1.165) is 34.7 Å². The number of amides is 1. The second kappa shape index (κ2) is 14.2. The number of hydrogen-bond acceptors (Lipinski definition) is 3. The molecular weight excluding hydrogens is 547 g/mol. The van der Waals surface area contributed by atoms with Gasteiger partial charge in [0.05, 0.1) is 6.54 Å². The molecule has 0 saturated heterocycles. The van der Waals surface area contributed by atoms with Gasteiger partial charge in [-0.3, -0.25) is 9.79 Å². The van der Waals surface area contributed by atoms with E-state index in [1.165, 1.54) is 0 Å². The molecule has 0 aliphatic heterocycles. The number of ether oxygens (including phenoxy) is 1. The average Bonchev–Trinajstić information content (AvgIpc) is 2.71. The first-order valence-corrected chi connectivity index (χ1v) is 10.1. The Hall–Kier alpha value is -1.81. The highest BCUT2D eigenvalue weighted by atomic mass is 127. The fourth-order valence-corrected chi connectivity index (χ4v) is 2.92. The Morgan fingerprint density at radius 3 is 2.66 bits per heavy atom. The molecule has 2 aromatic rings. The maximum absolute atomic E-state index is 11.7. The molecule has 0 atom stereocenters. The van der Waals surface area contributed by atoms with Gasteiger partial charge in [0.2, 0.25) is 0 Å². The van der Waals surface area contributed by atoms with Gasteiger partial charge in [-0.2, -0.15) is 0 Å².